The summed E-state index contributed by atoms with van der Waals surface area (Å²) in [6, 6.07) is 8.23. The zero-order valence-corrected chi connectivity index (χ0v) is 11.8. The van der Waals surface area contributed by atoms with Crippen molar-refractivity contribution in [2.24, 2.45) is 5.92 Å². The summed E-state index contributed by atoms with van der Waals surface area (Å²) < 4.78 is 5.67. The second kappa shape index (κ2) is 7.00. The predicted molar refractivity (Wildman–Crippen MR) is 73.3 cm³/mol. The summed E-state index contributed by atoms with van der Waals surface area (Å²) in [5.41, 5.74) is 1.24. The Balaban J connectivity index is 0.000000686. The molecule has 1 aliphatic heterocycles. The Bertz CT molecular complexity index is 323. The van der Waals surface area contributed by atoms with Crippen LogP contribution >= 0.6 is 11.6 Å². The summed E-state index contributed by atoms with van der Waals surface area (Å²) >= 11 is 5.85. The number of nitrogens with one attached hydrogen (secondary N) is 1. The van der Waals surface area contributed by atoms with Gasteiger partial charge in [0.2, 0.25) is 0 Å². The molecule has 1 aliphatic rings. The molecule has 96 valence electrons. The van der Waals surface area contributed by atoms with Gasteiger partial charge in [0.25, 0.3) is 0 Å². The van der Waals surface area contributed by atoms with Gasteiger partial charge in [0, 0.05) is 5.02 Å². The molecule has 1 N–H and O–H groups in total. The molecule has 2 unspecified atom stereocenters. The van der Waals surface area contributed by atoms with E-state index in [-0.39, 0.29) is 6.23 Å². The Morgan fingerprint density at radius 1 is 1.24 bits per heavy atom. The van der Waals surface area contributed by atoms with Crippen molar-refractivity contribution in [1.29, 1.82) is 0 Å². The Kier molecular flexibility index (Phi) is 5.96. The second-order valence-corrected chi connectivity index (χ2v) is 4.71. The first-order chi connectivity index (χ1) is 8.16. The summed E-state index contributed by atoms with van der Waals surface area (Å²) in [5, 5.41) is 4.24. The lowest BCUT2D eigenvalue weighted by molar-refractivity contribution is 0.0644. The van der Waals surface area contributed by atoms with Gasteiger partial charge in [-0.2, -0.15) is 0 Å². The number of benzene rings is 1. The van der Waals surface area contributed by atoms with Crippen molar-refractivity contribution in [2.45, 2.75) is 40.0 Å². The third-order valence-corrected chi connectivity index (χ3v) is 2.94. The maximum atomic E-state index is 5.85. The van der Waals surface area contributed by atoms with E-state index in [1.165, 1.54) is 5.56 Å². The standard InChI is InChI=1S/C12H16ClNO.C2H6/c1-8(2)12-14-11(7-15-12)9-3-5-10(13)6-4-9;1-2/h3-6,8,11-12,14H,7H2,1-2H3;1-2H3. The smallest absolute Gasteiger partial charge is 0.111 e. The molecule has 0 amide bonds. The van der Waals surface area contributed by atoms with Crippen molar-refractivity contribution in [3.8, 4) is 0 Å². The number of ether oxygens (including phenoxy) is 1. The van der Waals surface area contributed by atoms with Crippen molar-refractivity contribution < 1.29 is 4.74 Å². The molecular formula is C14H22ClNO. The molecule has 1 fully saturated rings. The van der Waals surface area contributed by atoms with Gasteiger partial charge >= 0.3 is 0 Å². The van der Waals surface area contributed by atoms with Crippen LogP contribution in [0.15, 0.2) is 24.3 Å². The van der Waals surface area contributed by atoms with Gasteiger partial charge in [-0.1, -0.05) is 51.4 Å². The first-order valence-electron chi connectivity index (χ1n) is 6.30. The predicted octanol–water partition coefficient (Wildman–Crippen LogP) is 4.01. The number of hydrogen-bond donors (Lipinski definition) is 1. The summed E-state index contributed by atoms with van der Waals surface area (Å²) in [5.74, 6) is 0.502. The van der Waals surface area contributed by atoms with E-state index in [4.69, 9.17) is 16.3 Å². The molecule has 1 aromatic rings. The Hall–Kier alpha value is -0.570. The maximum Gasteiger partial charge on any atom is 0.111 e. The van der Waals surface area contributed by atoms with Crippen molar-refractivity contribution >= 4 is 11.6 Å². The lowest BCUT2D eigenvalue weighted by Gasteiger charge is -2.15. The highest BCUT2D eigenvalue weighted by molar-refractivity contribution is 6.30. The van der Waals surface area contributed by atoms with E-state index in [0.717, 1.165) is 11.6 Å². The third-order valence-electron chi connectivity index (χ3n) is 2.69. The number of rotatable bonds is 2. The van der Waals surface area contributed by atoms with Gasteiger partial charge in [-0.3, -0.25) is 5.32 Å². The first kappa shape index (κ1) is 14.5. The molecule has 3 heteroatoms. The minimum atomic E-state index is 0.172. The molecule has 1 saturated heterocycles. The average Bonchev–Trinajstić information content (AvgIpc) is 2.82. The van der Waals surface area contributed by atoms with Crippen molar-refractivity contribution in [3.63, 3.8) is 0 Å². The Labute approximate surface area is 109 Å². The van der Waals surface area contributed by atoms with Crippen LogP contribution in [0.2, 0.25) is 5.02 Å². The van der Waals surface area contributed by atoms with E-state index in [0.29, 0.717) is 12.0 Å². The summed E-state index contributed by atoms with van der Waals surface area (Å²) in [7, 11) is 0. The van der Waals surface area contributed by atoms with Crippen molar-refractivity contribution in [1.82, 2.24) is 5.32 Å². The van der Waals surface area contributed by atoms with Gasteiger partial charge in [-0.05, 0) is 23.6 Å². The van der Waals surface area contributed by atoms with Crippen LogP contribution in [0.4, 0.5) is 0 Å². The molecule has 1 heterocycles. The summed E-state index contributed by atoms with van der Waals surface area (Å²) in [6.45, 7) is 9.05. The molecule has 0 spiro atoms. The molecule has 0 aliphatic carbocycles. The van der Waals surface area contributed by atoms with E-state index in [1.807, 2.05) is 38.1 Å². The van der Waals surface area contributed by atoms with Crippen LogP contribution in [0.5, 0.6) is 0 Å². The third kappa shape index (κ3) is 3.98. The second-order valence-electron chi connectivity index (χ2n) is 4.27. The van der Waals surface area contributed by atoms with Crippen LogP contribution < -0.4 is 5.32 Å². The van der Waals surface area contributed by atoms with E-state index in [1.54, 1.807) is 0 Å². The zero-order chi connectivity index (χ0) is 12.8. The molecule has 2 nitrogen and oxygen atoms in total. The zero-order valence-electron chi connectivity index (χ0n) is 11.0. The highest BCUT2D eigenvalue weighted by Crippen LogP contribution is 2.24. The quantitative estimate of drug-likeness (QED) is 0.862. The maximum absolute atomic E-state index is 5.85. The molecule has 2 atom stereocenters. The largest absolute Gasteiger partial charge is 0.361 e. The fourth-order valence-electron chi connectivity index (χ4n) is 1.77. The van der Waals surface area contributed by atoms with E-state index in [2.05, 4.69) is 19.2 Å². The Morgan fingerprint density at radius 3 is 2.29 bits per heavy atom. The van der Waals surface area contributed by atoms with Crippen LogP contribution in [0.3, 0.4) is 0 Å². The minimum Gasteiger partial charge on any atom is -0.361 e. The fraction of sp³-hybridized carbons (Fsp3) is 0.571. The molecule has 1 aromatic carbocycles. The SMILES string of the molecule is CC.CC(C)C1NC(c2ccc(Cl)cc2)CO1. The van der Waals surface area contributed by atoms with Crippen LogP contribution in [0.25, 0.3) is 0 Å². The minimum absolute atomic E-state index is 0.172. The summed E-state index contributed by atoms with van der Waals surface area (Å²) in [6.07, 6.45) is 0.172. The molecule has 0 aromatic heterocycles. The molecule has 0 bridgehead atoms. The number of halogens is 1. The topological polar surface area (TPSA) is 21.3 Å². The van der Waals surface area contributed by atoms with Gasteiger partial charge in [0.15, 0.2) is 0 Å². The fourth-order valence-corrected chi connectivity index (χ4v) is 1.89. The van der Waals surface area contributed by atoms with Gasteiger partial charge in [0.1, 0.15) is 6.23 Å². The van der Waals surface area contributed by atoms with Crippen molar-refractivity contribution in [2.75, 3.05) is 6.61 Å². The molecule has 0 saturated carbocycles. The average molecular weight is 256 g/mol. The molecule has 2 rings (SSSR count). The highest BCUT2D eigenvalue weighted by Gasteiger charge is 2.27. The normalized spacial score (nSPS) is 23.4. The van der Waals surface area contributed by atoms with Gasteiger partial charge < -0.3 is 4.74 Å². The summed E-state index contributed by atoms with van der Waals surface area (Å²) in [4.78, 5) is 0. The lowest BCUT2D eigenvalue weighted by atomic mass is 10.1. The van der Waals surface area contributed by atoms with Gasteiger partial charge in [-0.15, -0.1) is 0 Å². The van der Waals surface area contributed by atoms with E-state index in [9.17, 15) is 0 Å². The highest BCUT2D eigenvalue weighted by atomic mass is 35.5. The van der Waals surface area contributed by atoms with E-state index >= 15 is 0 Å². The van der Waals surface area contributed by atoms with E-state index < -0.39 is 0 Å². The van der Waals surface area contributed by atoms with Crippen LogP contribution in [-0.4, -0.2) is 12.8 Å². The molecule has 17 heavy (non-hydrogen) atoms. The van der Waals surface area contributed by atoms with Crippen LogP contribution in [0, 0.1) is 5.92 Å². The van der Waals surface area contributed by atoms with Crippen molar-refractivity contribution in [3.05, 3.63) is 34.9 Å². The monoisotopic (exact) mass is 255 g/mol. The van der Waals surface area contributed by atoms with Gasteiger partial charge in [0.05, 0.1) is 12.6 Å². The number of hydrogen-bond acceptors (Lipinski definition) is 2. The molecule has 0 radical (unpaired) electrons. The molecular weight excluding hydrogens is 234 g/mol. The lowest BCUT2D eigenvalue weighted by Crippen LogP contribution is -2.29. The van der Waals surface area contributed by atoms with Crippen LogP contribution in [-0.2, 0) is 4.74 Å². The Morgan fingerprint density at radius 2 is 1.82 bits per heavy atom. The van der Waals surface area contributed by atoms with Crippen LogP contribution in [0.1, 0.15) is 39.3 Å². The van der Waals surface area contributed by atoms with Gasteiger partial charge in [-0.25, -0.2) is 0 Å². The first-order valence-corrected chi connectivity index (χ1v) is 6.67.